The topological polar surface area (TPSA) is 29.1 Å². The molecule has 50 valence electrons. The lowest BCUT2D eigenvalue weighted by atomic mass is 10.2. The molecule has 0 aromatic rings. The van der Waals surface area contributed by atoms with Gasteiger partial charge in [0.05, 0.1) is 6.04 Å². The molecule has 0 saturated carbocycles. The van der Waals surface area contributed by atoms with Gasteiger partial charge in [0.25, 0.3) is 0 Å². The SMILES string of the molecule is CC=C1CN[C@H](C=O)C1. The van der Waals surface area contributed by atoms with E-state index in [4.69, 9.17) is 0 Å². The lowest BCUT2D eigenvalue weighted by Gasteiger charge is -1.93. The van der Waals surface area contributed by atoms with Gasteiger partial charge in [-0.3, -0.25) is 0 Å². The second-order valence-electron chi connectivity index (χ2n) is 2.27. The van der Waals surface area contributed by atoms with Crippen LogP contribution in [0.3, 0.4) is 0 Å². The Hall–Kier alpha value is -0.630. The van der Waals surface area contributed by atoms with E-state index in [-0.39, 0.29) is 6.04 Å². The molecular formula is C7H11NO. The molecule has 0 spiro atoms. The summed E-state index contributed by atoms with van der Waals surface area (Å²) in [6, 6.07) is 0.0798. The molecule has 1 aliphatic heterocycles. The summed E-state index contributed by atoms with van der Waals surface area (Å²) in [7, 11) is 0. The van der Waals surface area contributed by atoms with Gasteiger partial charge in [0, 0.05) is 6.54 Å². The molecule has 1 rings (SSSR count). The smallest absolute Gasteiger partial charge is 0.137 e. The normalized spacial score (nSPS) is 31.2. The molecule has 0 radical (unpaired) electrons. The number of rotatable bonds is 1. The third-order valence-electron chi connectivity index (χ3n) is 1.65. The lowest BCUT2D eigenvalue weighted by Crippen LogP contribution is -2.21. The van der Waals surface area contributed by atoms with Crippen molar-refractivity contribution in [2.75, 3.05) is 6.54 Å². The number of carbonyl (C=O) groups is 1. The van der Waals surface area contributed by atoms with Crippen molar-refractivity contribution in [3.05, 3.63) is 11.6 Å². The van der Waals surface area contributed by atoms with Gasteiger partial charge in [0.2, 0.25) is 0 Å². The van der Waals surface area contributed by atoms with Crippen molar-refractivity contribution in [3.63, 3.8) is 0 Å². The predicted molar refractivity (Wildman–Crippen MR) is 36.2 cm³/mol. The molecule has 0 unspecified atom stereocenters. The average Bonchev–Trinajstić information content (AvgIpc) is 2.34. The number of carbonyl (C=O) groups excluding carboxylic acids is 1. The third kappa shape index (κ3) is 1.39. The molecule has 1 N–H and O–H groups in total. The molecule has 2 heteroatoms. The zero-order valence-electron chi connectivity index (χ0n) is 5.55. The first-order valence-electron chi connectivity index (χ1n) is 3.19. The molecule has 0 bridgehead atoms. The summed E-state index contributed by atoms with van der Waals surface area (Å²) in [6.45, 7) is 2.89. The highest BCUT2D eigenvalue weighted by atomic mass is 16.1. The van der Waals surface area contributed by atoms with E-state index in [1.165, 1.54) is 5.57 Å². The Morgan fingerprint density at radius 1 is 1.78 bits per heavy atom. The average molecular weight is 125 g/mol. The van der Waals surface area contributed by atoms with E-state index in [9.17, 15) is 4.79 Å². The first-order chi connectivity index (χ1) is 4.36. The largest absolute Gasteiger partial charge is 0.304 e. The van der Waals surface area contributed by atoms with Crippen molar-refractivity contribution in [3.8, 4) is 0 Å². The fraction of sp³-hybridized carbons (Fsp3) is 0.571. The Balaban J connectivity index is 2.46. The second kappa shape index (κ2) is 2.78. The lowest BCUT2D eigenvalue weighted by molar-refractivity contribution is -0.109. The highest BCUT2D eigenvalue weighted by Gasteiger charge is 2.15. The van der Waals surface area contributed by atoms with Gasteiger partial charge in [-0.2, -0.15) is 0 Å². The van der Waals surface area contributed by atoms with E-state index in [1.54, 1.807) is 0 Å². The summed E-state index contributed by atoms with van der Waals surface area (Å²) in [4.78, 5) is 10.2. The molecule has 1 saturated heterocycles. The zero-order valence-corrected chi connectivity index (χ0v) is 5.55. The monoisotopic (exact) mass is 125 g/mol. The van der Waals surface area contributed by atoms with Crippen molar-refractivity contribution < 1.29 is 4.79 Å². The Labute approximate surface area is 54.9 Å². The van der Waals surface area contributed by atoms with Crippen LogP contribution in [0.5, 0.6) is 0 Å². The van der Waals surface area contributed by atoms with Crippen LogP contribution in [0.15, 0.2) is 11.6 Å². The highest BCUT2D eigenvalue weighted by molar-refractivity contribution is 5.59. The van der Waals surface area contributed by atoms with Gasteiger partial charge in [-0.15, -0.1) is 0 Å². The molecule has 1 heterocycles. The van der Waals surface area contributed by atoms with Gasteiger partial charge < -0.3 is 10.1 Å². The second-order valence-corrected chi connectivity index (χ2v) is 2.27. The molecule has 2 nitrogen and oxygen atoms in total. The van der Waals surface area contributed by atoms with E-state index in [0.717, 1.165) is 19.3 Å². The first-order valence-corrected chi connectivity index (χ1v) is 3.19. The minimum Gasteiger partial charge on any atom is -0.304 e. The van der Waals surface area contributed by atoms with Gasteiger partial charge in [0.15, 0.2) is 0 Å². The molecule has 1 aliphatic rings. The van der Waals surface area contributed by atoms with E-state index >= 15 is 0 Å². The number of nitrogens with one attached hydrogen (secondary N) is 1. The molecule has 0 aromatic carbocycles. The van der Waals surface area contributed by atoms with Gasteiger partial charge in [-0.25, -0.2) is 0 Å². The van der Waals surface area contributed by atoms with Crippen LogP contribution in [0.25, 0.3) is 0 Å². The van der Waals surface area contributed by atoms with Crippen LogP contribution in [0.4, 0.5) is 0 Å². The molecule has 9 heavy (non-hydrogen) atoms. The van der Waals surface area contributed by atoms with Gasteiger partial charge in [-0.1, -0.05) is 11.6 Å². The number of aldehydes is 1. The van der Waals surface area contributed by atoms with E-state index in [0.29, 0.717) is 0 Å². The predicted octanol–water partition coefficient (Wildman–Crippen LogP) is 0.493. The fourth-order valence-electron chi connectivity index (χ4n) is 1.01. The minimum atomic E-state index is 0.0798. The van der Waals surface area contributed by atoms with Crippen LogP contribution in [-0.4, -0.2) is 18.9 Å². The Morgan fingerprint density at radius 3 is 2.89 bits per heavy atom. The van der Waals surface area contributed by atoms with Crippen molar-refractivity contribution >= 4 is 6.29 Å². The molecule has 0 aromatic heterocycles. The first kappa shape index (κ1) is 6.49. The minimum absolute atomic E-state index is 0.0798. The maximum atomic E-state index is 10.2. The maximum absolute atomic E-state index is 10.2. The number of allylic oxidation sites excluding steroid dienone is 1. The van der Waals surface area contributed by atoms with Crippen molar-refractivity contribution in [2.45, 2.75) is 19.4 Å². The van der Waals surface area contributed by atoms with Crippen LogP contribution in [0.2, 0.25) is 0 Å². The third-order valence-corrected chi connectivity index (χ3v) is 1.65. The summed E-state index contributed by atoms with van der Waals surface area (Å²) in [5.41, 5.74) is 1.34. The van der Waals surface area contributed by atoms with Gasteiger partial charge in [-0.05, 0) is 13.3 Å². The summed E-state index contributed by atoms with van der Waals surface area (Å²) < 4.78 is 0. The standard InChI is InChI=1S/C7H11NO/c1-2-6-3-7(5-9)8-4-6/h2,5,7-8H,3-4H2,1H3/t7-/m0/s1. The van der Waals surface area contributed by atoms with Gasteiger partial charge >= 0.3 is 0 Å². The summed E-state index contributed by atoms with van der Waals surface area (Å²) in [6.07, 6.45) is 3.94. The van der Waals surface area contributed by atoms with Crippen LogP contribution in [0, 0.1) is 0 Å². The molecule has 0 amide bonds. The fourth-order valence-corrected chi connectivity index (χ4v) is 1.01. The summed E-state index contributed by atoms with van der Waals surface area (Å²) in [5, 5.41) is 3.07. The Kier molecular flexibility index (Phi) is 2.01. The van der Waals surface area contributed by atoms with E-state index in [1.807, 2.05) is 6.92 Å². The Bertz CT molecular complexity index is 140. The molecule has 1 atom stereocenters. The highest BCUT2D eigenvalue weighted by Crippen LogP contribution is 2.09. The van der Waals surface area contributed by atoms with Gasteiger partial charge in [0.1, 0.15) is 6.29 Å². The summed E-state index contributed by atoms with van der Waals surface area (Å²) in [5.74, 6) is 0. The van der Waals surface area contributed by atoms with Crippen molar-refractivity contribution in [2.24, 2.45) is 0 Å². The van der Waals surface area contributed by atoms with Crippen LogP contribution < -0.4 is 5.32 Å². The van der Waals surface area contributed by atoms with Crippen LogP contribution >= 0.6 is 0 Å². The van der Waals surface area contributed by atoms with Crippen molar-refractivity contribution in [1.82, 2.24) is 5.32 Å². The Morgan fingerprint density at radius 2 is 2.56 bits per heavy atom. The quantitative estimate of drug-likeness (QED) is 0.408. The number of hydrogen-bond donors (Lipinski definition) is 1. The maximum Gasteiger partial charge on any atom is 0.137 e. The van der Waals surface area contributed by atoms with Crippen molar-refractivity contribution in [1.29, 1.82) is 0 Å². The zero-order chi connectivity index (χ0) is 6.69. The van der Waals surface area contributed by atoms with E-state index in [2.05, 4.69) is 11.4 Å². The van der Waals surface area contributed by atoms with Crippen LogP contribution in [0.1, 0.15) is 13.3 Å². The molecule has 0 aliphatic carbocycles. The van der Waals surface area contributed by atoms with E-state index < -0.39 is 0 Å². The molecular weight excluding hydrogens is 114 g/mol. The molecule has 1 fully saturated rings. The summed E-state index contributed by atoms with van der Waals surface area (Å²) >= 11 is 0. The number of hydrogen-bond acceptors (Lipinski definition) is 2. The van der Waals surface area contributed by atoms with Crippen LogP contribution in [-0.2, 0) is 4.79 Å².